The summed E-state index contributed by atoms with van der Waals surface area (Å²) in [5, 5.41) is 62.2. The van der Waals surface area contributed by atoms with Crippen molar-refractivity contribution in [2.24, 2.45) is 0 Å². The van der Waals surface area contributed by atoms with E-state index in [1.165, 1.54) is 19.3 Å². The standard InChI is InChI=1S/C51H84O18P2/c1-3-5-7-9-11-13-15-17-18-19-20-21-22-23-25-27-29-31-33-37-44(54)65-39-41(40-66-71(63,64)69-51-48(58)46(56)47(57)50(49(51)59)68-70(60,61)62)67-45(55)38-34-36-43(53)42(52)35-32-30-28-26-24-16-14-12-10-8-6-4-2/h5,7,11-14,17-18,20-21,23-26,30,32,41-43,46-53,56-59H,3-4,6,8-10,15-16,19,22,27-29,31,33-40H2,1-2H3,(H,63,64)(H2,60,61,62)/b7-5-,13-11-,14-12-,18-17-,21-20-,25-23-,26-24-,32-30-/t41-,42?,43?,46?,47?,48?,49?,50-,51+/m1/s1. The maximum Gasteiger partial charge on any atom is 0.472 e. The quantitative estimate of drug-likeness (QED) is 0.0122. The predicted molar refractivity (Wildman–Crippen MR) is 271 cm³/mol. The molecule has 0 aromatic rings. The molecular weight excluding hydrogens is 962 g/mol. The maximum absolute atomic E-state index is 13.0. The average molecular weight is 1050 g/mol. The van der Waals surface area contributed by atoms with Gasteiger partial charge in [-0.2, -0.15) is 0 Å². The fourth-order valence-corrected chi connectivity index (χ4v) is 8.40. The number of phosphoric acid groups is 2. The molecule has 1 saturated carbocycles. The van der Waals surface area contributed by atoms with Gasteiger partial charge in [-0.25, -0.2) is 9.13 Å². The lowest BCUT2D eigenvalue weighted by Crippen LogP contribution is -2.64. The van der Waals surface area contributed by atoms with Gasteiger partial charge in [0.05, 0.1) is 18.8 Å². The molecule has 0 radical (unpaired) electrons. The van der Waals surface area contributed by atoms with Crippen LogP contribution in [0.3, 0.4) is 0 Å². The van der Waals surface area contributed by atoms with E-state index in [1.54, 1.807) is 6.08 Å². The second kappa shape index (κ2) is 40.3. The Morgan fingerprint density at radius 1 is 0.521 bits per heavy atom. The summed E-state index contributed by atoms with van der Waals surface area (Å²) < 4.78 is 49.2. The maximum atomic E-state index is 13.0. The molecule has 0 heterocycles. The van der Waals surface area contributed by atoms with Crippen LogP contribution in [0.5, 0.6) is 0 Å². The van der Waals surface area contributed by atoms with Gasteiger partial charge in [0, 0.05) is 12.8 Å². The molecule has 7 unspecified atom stereocenters. The SMILES string of the molecule is CC/C=C\C/C=C\C/C=C\C/C=C\C/C=C\CCCCCC(=O)OC[C@H](COP(=O)(O)O[C@H]1C(O)C(O)C(O)[C@@H](OP(=O)(O)O)C1O)OC(=O)CCCC(O)C(O)C/C=C\C/C=C\C/C=C\CCCCC. The van der Waals surface area contributed by atoms with Gasteiger partial charge < -0.3 is 54.8 Å². The van der Waals surface area contributed by atoms with Gasteiger partial charge in [0.25, 0.3) is 0 Å². The highest BCUT2D eigenvalue weighted by atomic mass is 31.2. The van der Waals surface area contributed by atoms with Crippen molar-refractivity contribution in [1.29, 1.82) is 0 Å². The summed E-state index contributed by atoms with van der Waals surface area (Å²) in [6, 6.07) is 0. The molecule has 0 aromatic carbocycles. The highest BCUT2D eigenvalue weighted by Gasteiger charge is 2.54. The Kier molecular flexibility index (Phi) is 37.3. The van der Waals surface area contributed by atoms with Crippen LogP contribution in [0.2, 0.25) is 0 Å². The third-order valence-electron chi connectivity index (χ3n) is 10.8. The number of aliphatic hydroxyl groups excluding tert-OH is 6. The highest BCUT2D eigenvalue weighted by molar-refractivity contribution is 7.47. The van der Waals surface area contributed by atoms with Crippen molar-refractivity contribution in [3.63, 3.8) is 0 Å². The van der Waals surface area contributed by atoms with E-state index in [4.69, 9.17) is 18.5 Å². The van der Waals surface area contributed by atoms with Crippen molar-refractivity contribution < 1.29 is 87.1 Å². The molecule has 9 N–H and O–H groups in total. The van der Waals surface area contributed by atoms with Gasteiger partial charge in [-0.3, -0.25) is 23.2 Å². The molecule has 1 aliphatic carbocycles. The number of hydrogen-bond acceptors (Lipinski definition) is 15. The van der Waals surface area contributed by atoms with Gasteiger partial charge in [0.1, 0.15) is 43.2 Å². The van der Waals surface area contributed by atoms with Crippen LogP contribution in [-0.4, -0.2) is 125 Å². The molecule has 0 spiro atoms. The van der Waals surface area contributed by atoms with Crippen LogP contribution in [-0.2, 0) is 41.8 Å². The van der Waals surface area contributed by atoms with Crippen LogP contribution >= 0.6 is 15.6 Å². The first-order chi connectivity index (χ1) is 33.9. The first-order valence-corrected chi connectivity index (χ1v) is 28.0. The summed E-state index contributed by atoms with van der Waals surface area (Å²) in [4.78, 5) is 54.4. The fraction of sp³-hybridized carbons (Fsp3) is 0.647. The van der Waals surface area contributed by atoms with Gasteiger partial charge in [-0.05, 0) is 96.3 Å². The molecule has 0 amide bonds. The van der Waals surface area contributed by atoms with Crippen molar-refractivity contribution in [3.05, 3.63) is 97.2 Å². The summed E-state index contributed by atoms with van der Waals surface area (Å²) in [6.45, 7) is 2.69. The van der Waals surface area contributed by atoms with Gasteiger partial charge in [-0.15, -0.1) is 0 Å². The normalized spacial score (nSPS) is 22.6. The summed E-state index contributed by atoms with van der Waals surface area (Å²) in [5.41, 5.74) is 0. The van der Waals surface area contributed by atoms with Crippen molar-refractivity contribution >= 4 is 27.6 Å². The van der Waals surface area contributed by atoms with E-state index in [1.807, 2.05) is 12.2 Å². The number of allylic oxidation sites excluding steroid dienone is 15. The molecule has 0 bridgehead atoms. The number of unbranched alkanes of at least 4 members (excludes halogenated alkanes) is 6. The van der Waals surface area contributed by atoms with E-state index >= 15 is 0 Å². The molecule has 1 rings (SSSR count). The lowest BCUT2D eigenvalue weighted by molar-refractivity contribution is -0.216. The molecule has 0 aliphatic heterocycles. The molecule has 18 nitrogen and oxygen atoms in total. The Morgan fingerprint density at radius 3 is 1.52 bits per heavy atom. The number of esters is 2. The van der Waals surface area contributed by atoms with Crippen molar-refractivity contribution in [2.75, 3.05) is 13.2 Å². The predicted octanol–water partition coefficient (Wildman–Crippen LogP) is 7.89. The van der Waals surface area contributed by atoms with Crippen LogP contribution in [0.25, 0.3) is 0 Å². The third-order valence-corrected chi connectivity index (χ3v) is 12.3. The van der Waals surface area contributed by atoms with Gasteiger partial charge >= 0.3 is 27.6 Å². The number of carbonyl (C=O) groups is 2. The van der Waals surface area contributed by atoms with Crippen molar-refractivity contribution in [1.82, 2.24) is 0 Å². The fourth-order valence-electron chi connectivity index (χ4n) is 6.86. The van der Waals surface area contributed by atoms with E-state index in [9.17, 15) is 64.0 Å². The average Bonchev–Trinajstić information content (AvgIpc) is 3.32. The smallest absolute Gasteiger partial charge is 0.462 e. The molecule has 1 aliphatic rings. The molecule has 406 valence electrons. The van der Waals surface area contributed by atoms with Crippen LogP contribution in [0.15, 0.2) is 97.2 Å². The lowest BCUT2D eigenvalue weighted by Gasteiger charge is -2.43. The zero-order valence-corrected chi connectivity index (χ0v) is 43.4. The molecule has 10 atom stereocenters. The number of ether oxygens (including phenoxy) is 2. The topological polar surface area (TPSA) is 296 Å². The van der Waals surface area contributed by atoms with E-state index < -0.39 is 95.7 Å². The van der Waals surface area contributed by atoms with E-state index in [2.05, 4.69) is 97.4 Å². The summed E-state index contributed by atoms with van der Waals surface area (Å²) in [7, 11) is -10.8. The van der Waals surface area contributed by atoms with Gasteiger partial charge in [-0.1, -0.05) is 130 Å². The Bertz CT molecular complexity index is 1770. The molecule has 71 heavy (non-hydrogen) atoms. The zero-order chi connectivity index (χ0) is 52.8. The largest absolute Gasteiger partial charge is 0.472 e. The van der Waals surface area contributed by atoms with E-state index in [-0.39, 0.29) is 32.1 Å². The van der Waals surface area contributed by atoms with Crippen LogP contribution in [0.1, 0.15) is 142 Å². The third kappa shape index (κ3) is 34.1. The number of phosphoric ester groups is 2. The summed E-state index contributed by atoms with van der Waals surface area (Å²) in [5.74, 6) is -1.54. The monoisotopic (exact) mass is 1050 g/mol. The molecule has 20 heteroatoms. The number of carbonyl (C=O) groups excluding carboxylic acids is 2. The molecule has 0 aromatic heterocycles. The Morgan fingerprint density at radius 2 is 1.00 bits per heavy atom. The van der Waals surface area contributed by atoms with Crippen LogP contribution in [0.4, 0.5) is 0 Å². The van der Waals surface area contributed by atoms with Crippen molar-refractivity contribution in [2.45, 2.75) is 197 Å². The Hall–Kier alpha value is -3.16. The van der Waals surface area contributed by atoms with Crippen LogP contribution < -0.4 is 0 Å². The second-order valence-electron chi connectivity index (χ2n) is 17.1. The van der Waals surface area contributed by atoms with Crippen molar-refractivity contribution in [3.8, 4) is 0 Å². The summed E-state index contributed by atoms with van der Waals surface area (Å²) in [6.07, 6.45) is 29.3. The molecule has 0 saturated heterocycles. The number of aliphatic hydroxyl groups is 6. The Labute approximate surface area is 421 Å². The van der Waals surface area contributed by atoms with E-state index in [0.717, 1.165) is 57.8 Å². The molecular formula is C51H84O18P2. The van der Waals surface area contributed by atoms with Gasteiger partial charge in [0.2, 0.25) is 0 Å². The lowest BCUT2D eigenvalue weighted by atomic mass is 9.85. The van der Waals surface area contributed by atoms with Gasteiger partial charge in [0.15, 0.2) is 6.10 Å². The minimum absolute atomic E-state index is 0.0151. The first-order valence-electron chi connectivity index (χ1n) is 24.9. The Balaban J connectivity index is 2.70. The van der Waals surface area contributed by atoms with E-state index in [0.29, 0.717) is 19.3 Å². The zero-order valence-electron chi connectivity index (χ0n) is 41.6. The first kappa shape index (κ1) is 65.9. The number of hydrogen-bond donors (Lipinski definition) is 9. The second-order valence-corrected chi connectivity index (χ2v) is 19.7. The highest BCUT2D eigenvalue weighted by Crippen LogP contribution is 2.49. The minimum atomic E-state index is -5.41. The number of rotatable bonds is 40. The minimum Gasteiger partial charge on any atom is -0.462 e. The van der Waals surface area contributed by atoms with Crippen LogP contribution in [0, 0.1) is 0 Å². The molecule has 1 fully saturated rings. The summed E-state index contributed by atoms with van der Waals surface area (Å²) >= 11 is 0.